The zero-order valence-corrected chi connectivity index (χ0v) is 16.4. The van der Waals surface area contributed by atoms with Crippen LogP contribution in [0.1, 0.15) is 89.9 Å². The van der Waals surface area contributed by atoms with Gasteiger partial charge in [0.2, 0.25) is 0 Å². The third kappa shape index (κ3) is 1.97. The molecule has 0 spiro atoms. The number of carbonyl (C=O) groups excluding carboxylic acids is 1. The third-order valence-corrected chi connectivity index (χ3v) is 11.1. The van der Waals surface area contributed by atoms with Crippen molar-refractivity contribution >= 4 is 5.78 Å². The Balaban J connectivity index is 1.19. The smallest absolute Gasteiger partial charge is 0.140 e. The molecule has 0 radical (unpaired) electrons. The van der Waals surface area contributed by atoms with Gasteiger partial charge in [-0.1, -0.05) is 0 Å². The Morgan fingerprint density at radius 2 is 0.769 bits per heavy atom. The second kappa shape index (κ2) is 4.98. The van der Waals surface area contributed by atoms with Crippen molar-refractivity contribution in [2.45, 2.75) is 89.9 Å². The Hall–Kier alpha value is -0.330. The SMILES string of the molecule is O=C1[C@H](C23CC4CC(CC(C4)C2)C3)CC[C@@H]1C12CC3CC(CC(C3)C1)C2. The van der Waals surface area contributed by atoms with E-state index in [4.69, 9.17) is 0 Å². The van der Waals surface area contributed by atoms with Crippen LogP contribution in [0.15, 0.2) is 0 Å². The molecule has 0 heterocycles. The molecule has 0 aromatic carbocycles. The maximum Gasteiger partial charge on any atom is 0.140 e. The van der Waals surface area contributed by atoms with Gasteiger partial charge in [-0.3, -0.25) is 4.79 Å². The van der Waals surface area contributed by atoms with E-state index in [-0.39, 0.29) is 0 Å². The van der Waals surface area contributed by atoms with Gasteiger partial charge in [0.1, 0.15) is 5.78 Å². The Morgan fingerprint density at radius 1 is 0.500 bits per heavy atom. The number of carbonyl (C=O) groups is 1. The molecule has 142 valence electrons. The van der Waals surface area contributed by atoms with E-state index in [1.807, 2.05) is 0 Å². The van der Waals surface area contributed by atoms with Crippen molar-refractivity contribution in [3.05, 3.63) is 0 Å². The van der Waals surface area contributed by atoms with Crippen LogP contribution in [0, 0.1) is 58.2 Å². The van der Waals surface area contributed by atoms with E-state index in [9.17, 15) is 4.79 Å². The highest BCUT2D eigenvalue weighted by molar-refractivity contribution is 5.87. The molecule has 1 heteroatoms. The molecule has 9 aliphatic rings. The van der Waals surface area contributed by atoms with Crippen molar-refractivity contribution in [1.29, 1.82) is 0 Å². The van der Waals surface area contributed by atoms with Crippen LogP contribution in [0.4, 0.5) is 0 Å². The summed E-state index contributed by atoms with van der Waals surface area (Å²) in [6.07, 6.45) is 20.2. The molecule has 0 saturated heterocycles. The summed E-state index contributed by atoms with van der Waals surface area (Å²) in [6.45, 7) is 0. The minimum atomic E-state index is 0.475. The van der Waals surface area contributed by atoms with Gasteiger partial charge < -0.3 is 0 Å². The number of ketones is 1. The monoisotopic (exact) mass is 352 g/mol. The lowest BCUT2D eigenvalue weighted by atomic mass is 9.44. The lowest BCUT2D eigenvalue weighted by molar-refractivity contribution is -0.148. The Labute approximate surface area is 159 Å². The molecule has 9 rings (SSSR count). The fourth-order valence-electron chi connectivity index (χ4n) is 11.3. The Bertz CT molecular complexity index is 520. The predicted octanol–water partition coefficient (Wildman–Crippen LogP) is 6.01. The molecule has 2 atom stereocenters. The van der Waals surface area contributed by atoms with Gasteiger partial charge in [-0.15, -0.1) is 0 Å². The molecule has 1 nitrogen and oxygen atoms in total. The van der Waals surface area contributed by atoms with E-state index >= 15 is 0 Å². The average Bonchev–Trinajstić information content (AvgIpc) is 2.95. The van der Waals surface area contributed by atoms with Gasteiger partial charge in [-0.25, -0.2) is 0 Å². The molecule has 0 amide bonds. The second-order valence-electron chi connectivity index (χ2n) is 12.6. The van der Waals surface area contributed by atoms with Crippen LogP contribution in [0.5, 0.6) is 0 Å². The summed E-state index contributed by atoms with van der Waals surface area (Å²) in [5, 5.41) is 0. The zero-order valence-electron chi connectivity index (χ0n) is 16.4. The van der Waals surface area contributed by atoms with Gasteiger partial charge in [0, 0.05) is 11.8 Å². The summed E-state index contributed by atoms with van der Waals surface area (Å²) in [5.41, 5.74) is 0.950. The third-order valence-electron chi connectivity index (χ3n) is 11.1. The van der Waals surface area contributed by atoms with Crippen molar-refractivity contribution in [1.82, 2.24) is 0 Å². The van der Waals surface area contributed by atoms with Crippen molar-refractivity contribution in [2.24, 2.45) is 58.2 Å². The molecule has 0 unspecified atom stereocenters. The molecule has 8 bridgehead atoms. The molecule has 0 aromatic rings. The molecular formula is C25H36O. The fraction of sp³-hybridized carbons (Fsp3) is 0.960. The molecule has 9 saturated carbocycles. The highest BCUT2D eigenvalue weighted by atomic mass is 16.1. The van der Waals surface area contributed by atoms with Gasteiger partial charge >= 0.3 is 0 Å². The van der Waals surface area contributed by atoms with Crippen LogP contribution in [-0.2, 0) is 4.79 Å². The standard InChI is InChI=1S/C25H36O/c26-23-21(24-9-15-3-16(10-24)5-17(4-15)11-24)1-2-22(23)25-12-18-6-19(13-25)8-20(7-18)14-25/h15-22H,1-14H2/t15?,16?,17?,18?,19?,20?,21-,22+,24?,25?. The maximum absolute atomic E-state index is 13.9. The van der Waals surface area contributed by atoms with Crippen molar-refractivity contribution in [3.63, 3.8) is 0 Å². The topological polar surface area (TPSA) is 17.1 Å². The first-order valence-corrected chi connectivity index (χ1v) is 12.1. The number of Topliss-reactive ketones (excluding diaryl/α,β-unsaturated/α-hetero) is 1. The largest absolute Gasteiger partial charge is 0.299 e. The van der Waals surface area contributed by atoms with Gasteiger partial charge in [0.05, 0.1) is 0 Å². The summed E-state index contributed by atoms with van der Waals surface area (Å²) < 4.78 is 0. The minimum Gasteiger partial charge on any atom is -0.299 e. The summed E-state index contributed by atoms with van der Waals surface area (Å²) >= 11 is 0. The first-order valence-electron chi connectivity index (χ1n) is 12.1. The van der Waals surface area contributed by atoms with Crippen LogP contribution in [0.3, 0.4) is 0 Å². The first-order chi connectivity index (χ1) is 12.6. The van der Waals surface area contributed by atoms with Gasteiger partial charge in [-0.05, 0) is 136 Å². The number of hydrogen-bond donors (Lipinski definition) is 0. The Kier molecular flexibility index (Phi) is 2.98. The summed E-state index contributed by atoms with van der Waals surface area (Å²) in [5.74, 6) is 7.72. The molecular weight excluding hydrogens is 316 g/mol. The predicted molar refractivity (Wildman–Crippen MR) is 102 cm³/mol. The normalized spacial score (nSPS) is 62.4. The van der Waals surface area contributed by atoms with Gasteiger partial charge in [0.25, 0.3) is 0 Å². The molecule has 26 heavy (non-hydrogen) atoms. The molecule has 9 fully saturated rings. The van der Waals surface area contributed by atoms with E-state index in [0.717, 1.165) is 41.3 Å². The summed E-state index contributed by atoms with van der Waals surface area (Å²) in [4.78, 5) is 13.9. The second-order valence-corrected chi connectivity index (χ2v) is 12.6. The van der Waals surface area contributed by atoms with E-state index in [2.05, 4.69) is 0 Å². The van der Waals surface area contributed by atoms with E-state index < -0.39 is 0 Å². The number of rotatable bonds is 2. The average molecular weight is 353 g/mol. The zero-order chi connectivity index (χ0) is 17.1. The first kappa shape index (κ1) is 15.6. The van der Waals surface area contributed by atoms with Crippen LogP contribution >= 0.6 is 0 Å². The van der Waals surface area contributed by atoms with Gasteiger partial charge in [0.15, 0.2) is 0 Å². The van der Waals surface area contributed by atoms with Crippen molar-refractivity contribution in [3.8, 4) is 0 Å². The quantitative estimate of drug-likeness (QED) is 0.594. The highest BCUT2D eigenvalue weighted by Gasteiger charge is 2.62. The number of hydrogen-bond acceptors (Lipinski definition) is 1. The highest BCUT2D eigenvalue weighted by Crippen LogP contribution is 2.68. The van der Waals surface area contributed by atoms with Crippen LogP contribution in [0.2, 0.25) is 0 Å². The van der Waals surface area contributed by atoms with Crippen molar-refractivity contribution in [2.75, 3.05) is 0 Å². The fourth-order valence-corrected chi connectivity index (χ4v) is 11.3. The van der Waals surface area contributed by atoms with E-state index in [1.165, 1.54) is 89.9 Å². The van der Waals surface area contributed by atoms with E-state index in [0.29, 0.717) is 22.7 Å². The summed E-state index contributed by atoms with van der Waals surface area (Å²) in [7, 11) is 0. The lowest BCUT2D eigenvalue weighted by Gasteiger charge is -2.60. The Morgan fingerprint density at radius 3 is 1.04 bits per heavy atom. The minimum absolute atomic E-state index is 0.475. The van der Waals surface area contributed by atoms with Crippen LogP contribution in [-0.4, -0.2) is 5.78 Å². The molecule has 0 aromatic heterocycles. The summed E-state index contributed by atoms with van der Waals surface area (Å²) in [6, 6.07) is 0. The van der Waals surface area contributed by atoms with E-state index in [1.54, 1.807) is 0 Å². The van der Waals surface area contributed by atoms with Crippen LogP contribution in [0.25, 0.3) is 0 Å². The lowest BCUT2D eigenvalue weighted by Crippen LogP contribution is -2.53. The molecule has 0 aliphatic heterocycles. The van der Waals surface area contributed by atoms with Crippen molar-refractivity contribution < 1.29 is 4.79 Å². The van der Waals surface area contributed by atoms with Gasteiger partial charge in [-0.2, -0.15) is 0 Å². The van der Waals surface area contributed by atoms with Crippen LogP contribution < -0.4 is 0 Å². The molecule has 9 aliphatic carbocycles. The maximum atomic E-state index is 13.9. The molecule has 0 N–H and O–H groups in total.